The molecule has 0 saturated carbocycles. The van der Waals surface area contributed by atoms with Crippen molar-refractivity contribution in [2.24, 2.45) is 0 Å². The second-order valence-electron chi connectivity index (χ2n) is 4.10. The van der Waals surface area contributed by atoms with Crippen molar-refractivity contribution in [1.29, 1.82) is 0 Å². The lowest BCUT2D eigenvalue weighted by Gasteiger charge is -1.98. The number of aromatic nitrogens is 1. The molecule has 0 amide bonds. The zero-order chi connectivity index (χ0) is 13.2. The third-order valence-corrected chi connectivity index (χ3v) is 4.41. The van der Waals surface area contributed by atoms with Crippen LogP contribution in [0.1, 0.15) is 4.88 Å². The third-order valence-electron chi connectivity index (χ3n) is 2.73. The van der Waals surface area contributed by atoms with E-state index in [4.69, 9.17) is 10.2 Å². The topological polar surface area (TPSA) is 64.1 Å². The lowest BCUT2D eigenvalue weighted by atomic mass is 10.3. The van der Waals surface area contributed by atoms with Gasteiger partial charge in [0.2, 0.25) is 0 Å². The summed E-state index contributed by atoms with van der Waals surface area (Å²) < 4.78 is 6.73. The van der Waals surface area contributed by atoms with Crippen LogP contribution in [0.3, 0.4) is 0 Å². The molecule has 0 aliphatic carbocycles. The van der Waals surface area contributed by atoms with Crippen LogP contribution in [0.25, 0.3) is 11.1 Å². The first kappa shape index (κ1) is 12.5. The minimum absolute atomic E-state index is 0.517. The number of halogens is 1. The molecule has 0 radical (unpaired) electrons. The van der Waals surface area contributed by atoms with Gasteiger partial charge in [0.15, 0.2) is 5.58 Å². The van der Waals surface area contributed by atoms with Crippen molar-refractivity contribution in [3.05, 3.63) is 39.0 Å². The first-order valence-electron chi connectivity index (χ1n) is 5.85. The van der Waals surface area contributed by atoms with Crippen LogP contribution in [0, 0.1) is 0 Å². The second-order valence-corrected chi connectivity index (χ2v) is 6.64. The molecular formula is C13H12BrN3OS. The van der Waals surface area contributed by atoms with Gasteiger partial charge in [0.1, 0.15) is 5.52 Å². The van der Waals surface area contributed by atoms with Gasteiger partial charge in [0.05, 0.1) is 9.47 Å². The highest BCUT2D eigenvalue weighted by Gasteiger charge is 2.07. The molecule has 4 nitrogen and oxygen atoms in total. The van der Waals surface area contributed by atoms with E-state index in [1.165, 1.54) is 4.88 Å². The summed E-state index contributed by atoms with van der Waals surface area (Å²) >= 11 is 5.19. The minimum atomic E-state index is 0.517. The molecule has 2 heterocycles. The first-order chi connectivity index (χ1) is 9.22. The Morgan fingerprint density at radius 2 is 2.21 bits per heavy atom. The number of rotatable bonds is 4. The van der Waals surface area contributed by atoms with Crippen LogP contribution < -0.4 is 11.1 Å². The molecule has 19 heavy (non-hydrogen) atoms. The number of hydrogen-bond acceptors (Lipinski definition) is 5. The van der Waals surface area contributed by atoms with Crippen LogP contribution in [0.2, 0.25) is 0 Å². The highest BCUT2D eigenvalue weighted by Crippen LogP contribution is 2.24. The predicted octanol–water partition coefficient (Wildman–Crippen LogP) is 3.89. The number of nitrogens with two attached hydrogens (primary N) is 1. The Morgan fingerprint density at radius 1 is 1.32 bits per heavy atom. The Labute approximate surface area is 122 Å². The van der Waals surface area contributed by atoms with E-state index in [-0.39, 0.29) is 0 Å². The minimum Gasteiger partial charge on any atom is -0.423 e. The molecular weight excluding hydrogens is 326 g/mol. The molecule has 1 aromatic carbocycles. The van der Waals surface area contributed by atoms with Gasteiger partial charge >= 0.3 is 0 Å². The number of anilines is 2. The van der Waals surface area contributed by atoms with Crippen molar-refractivity contribution in [3.63, 3.8) is 0 Å². The molecule has 0 atom stereocenters. The summed E-state index contributed by atoms with van der Waals surface area (Å²) in [4.78, 5) is 5.65. The summed E-state index contributed by atoms with van der Waals surface area (Å²) in [5.41, 5.74) is 7.90. The van der Waals surface area contributed by atoms with E-state index in [2.05, 4.69) is 38.4 Å². The number of benzene rings is 1. The molecule has 98 valence electrons. The summed E-state index contributed by atoms with van der Waals surface area (Å²) in [6.45, 7) is 0.777. The molecule has 0 bridgehead atoms. The number of oxazole rings is 1. The van der Waals surface area contributed by atoms with Crippen LogP contribution >= 0.6 is 27.3 Å². The Bertz CT molecular complexity index is 707. The Balaban J connectivity index is 1.67. The summed E-state index contributed by atoms with van der Waals surface area (Å²) in [5.74, 6) is 0. The summed E-state index contributed by atoms with van der Waals surface area (Å²) in [6.07, 6.45) is 0.935. The van der Waals surface area contributed by atoms with Crippen molar-refractivity contribution < 1.29 is 4.42 Å². The zero-order valence-electron chi connectivity index (χ0n) is 10.0. The van der Waals surface area contributed by atoms with Crippen molar-refractivity contribution in [2.75, 3.05) is 17.6 Å². The van der Waals surface area contributed by atoms with Gasteiger partial charge in [0.25, 0.3) is 6.01 Å². The van der Waals surface area contributed by atoms with Crippen molar-refractivity contribution in [2.45, 2.75) is 6.42 Å². The lowest BCUT2D eigenvalue weighted by molar-refractivity contribution is 0.615. The molecule has 0 fully saturated rings. The number of para-hydroxylation sites is 1. The van der Waals surface area contributed by atoms with Crippen molar-refractivity contribution >= 4 is 50.1 Å². The van der Waals surface area contributed by atoms with Gasteiger partial charge in [-0.05, 0) is 46.6 Å². The van der Waals surface area contributed by atoms with E-state index in [9.17, 15) is 0 Å². The maximum atomic E-state index is 5.84. The standard InChI is InChI=1S/C13H12BrN3OS/c14-11-5-4-8(19-11)6-7-16-13-17-12-9(15)2-1-3-10(12)18-13/h1-5H,6-7,15H2,(H,16,17). The van der Waals surface area contributed by atoms with Gasteiger partial charge < -0.3 is 15.5 Å². The van der Waals surface area contributed by atoms with Gasteiger partial charge in [-0.2, -0.15) is 4.98 Å². The monoisotopic (exact) mass is 337 g/mol. The summed E-state index contributed by atoms with van der Waals surface area (Å²) in [7, 11) is 0. The van der Waals surface area contributed by atoms with E-state index in [1.54, 1.807) is 11.3 Å². The van der Waals surface area contributed by atoms with Crippen LogP contribution in [0.4, 0.5) is 11.7 Å². The molecule has 0 aliphatic rings. The molecule has 3 N–H and O–H groups in total. The van der Waals surface area contributed by atoms with Gasteiger partial charge in [-0.25, -0.2) is 0 Å². The highest BCUT2D eigenvalue weighted by atomic mass is 79.9. The van der Waals surface area contributed by atoms with Gasteiger partial charge in [-0.15, -0.1) is 11.3 Å². The first-order valence-corrected chi connectivity index (χ1v) is 7.46. The number of nitrogens with one attached hydrogen (secondary N) is 1. The number of thiophene rings is 1. The average Bonchev–Trinajstić information content (AvgIpc) is 2.97. The van der Waals surface area contributed by atoms with Gasteiger partial charge in [-0.1, -0.05) is 6.07 Å². The molecule has 3 aromatic rings. The fourth-order valence-corrected chi connectivity index (χ4v) is 3.31. The molecule has 3 rings (SSSR count). The molecule has 0 saturated heterocycles. The largest absolute Gasteiger partial charge is 0.423 e. The normalized spacial score (nSPS) is 11.0. The fraction of sp³-hybridized carbons (Fsp3) is 0.154. The van der Waals surface area contributed by atoms with Crippen molar-refractivity contribution in [3.8, 4) is 0 Å². The van der Waals surface area contributed by atoms with Crippen LogP contribution in [-0.2, 0) is 6.42 Å². The van der Waals surface area contributed by atoms with Crippen LogP contribution in [0.5, 0.6) is 0 Å². The number of nitrogen functional groups attached to an aromatic ring is 1. The predicted molar refractivity (Wildman–Crippen MR) is 82.6 cm³/mol. The number of nitrogens with zero attached hydrogens (tertiary/aromatic N) is 1. The van der Waals surface area contributed by atoms with Gasteiger partial charge in [-0.3, -0.25) is 0 Å². The van der Waals surface area contributed by atoms with Crippen LogP contribution in [0.15, 0.2) is 38.5 Å². The van der Waals surface area contributed by atoms with Crippen LogP contribution in [-0.4, -0.2) is 11.5 Å². The van der Waals surface area contributed by atoms with E-state index >= 15 is 0 Å². The maximum absolute atomic E-state index is 5.84. The second kappa shape index (κ2) is 5.22. The molecule has 6 heteroatoms. The van der Waals surface area contributed by atoms with E-state index in [0.29, 0.717) is 22.8 Å². The Hall–Kier alpha value is -1.53. The SMILES string of the molecule is Nc1cccc2oc(NCCc3ccc(Br)s3)nc12. The highest BCUT2D eigenvalue weighted by molar-refractivity contribution is 9.11. The lowest BCUT2D eigenvalue weighted by Crippen LogP contribution is -2.03. The fourth-order valence-electron chi connectivity index (χ4n) is 1.82. The summed E-state index contributed by atoms with van der Waals surface area (Å²) in [6, 6.07) is 10.2. The van der Waals surface area contributed by atoms with E-state index in [1.807, 2.05) is 18.2 Å². The summed E-state index contributed by atoms with van der Waals surface area (Å²) in [5, 5.41) is 3.18. The molecule has 0 aliphatic heterocycles. The molecule has 2 aromatic heterocycles. The van der Waals surface area contributed by atoms with E-state index in [0.717, 1.165) is 16.8 Å². The third kappa shape index (κ3) is 2.74. The number of fused-ring (bicyclic) bond motifs is 1. The Morgan fingerprint density at radius 3 is 2.95 bits per heavy atom. The smallest absolute Gasteiger partial charge is 0.295 e. The van der Waals surface area contributed by atoms with Gasteiger partial charge in [0, 0.05) is 11.4 Å². The Kier molecular flexibility index (Phi) is 3.44. The van der Waals surface area contributed by atoms with E-state index < -0.39 is 0 Å². The quantitative estimate of drug-likeness (QED) is 0.709. The number of hydrogen-bond donors (Lipinski definition) is 2. The van der Waals surface area contributed by atoms with Crippen molar-refractivity contribution in [1.82, 2.24) is 4.98 Å². The average molecular weight is 338 g/mol. The molecule has 0 spiro atoms. The maximum Gasteiger partial charge on any atom is 0.295 e. The molecule has 0 unspecified atom stereocenters. The zero-order valence-corrected chi connectivity index (χ0v) is 12.4.